The number of hydrogen-bond acceptors (Lipinski definition) is 4. The molecule has 2 rings (SSSR count). The summed E-state index contributed by atoms with van der Waals surface area (Å²) in [5.74, 6) is 6.74. The minimum Gasteiger partial charge on any atom is -0.338 e. The first-order valence-electron chi connectivity index (χ1n) is 5.80. The van der Waals surface area contributed by atoms with Crippen LogP contribution in [0.15, 0.2) is 22.2 Å². The van der Waals surface area contributed by atoms with Gasteiger partial charge in [0, 0.05) is 30.7 Å². The lowest BCUT2D eigenvalue weighted by atomic mass is 10.1. The van der Waals surface area contributed by atoms with Gasteiger partial charge in [-0.25, -0.2) is 4.98 Å². The first-order chi connectivity index (χ1) is 8.61. The number of nitrogens with zero attached hydrogens (tertiary/aromatic N) is 2. The van der Waals surface area contributed by atoms with E-state index >= 15 is 0 Å². The van der Waals surface area contributed by atoms with Crippen molar-refractivity contribution in [3.8, 4) is 0 Å². The van der Waals surface area contributed by atoms with Crippen LogP contribution in [0.1, 0.15) is 28.7 Å². The van der Waals surface area contributed by atoms with Gasteiger partial charge in [0.05, 0.1) is 9.83 Å². The topological polar surface area (TPSA) is 55.9 Å². The number of hydrogen-bond donors (Lipinski definition) is 2. The van der Waals surface area contributed by atoms with Crippen molar-refractivity contribution in [2.75, 3.05) is 0 Å². The Morgan fingerprint density at radius 1 is 1.61 bits per heavy atom. The highest BCUT2D eigenvalue weighted by Crippen LogP contribution is 2.32. The van der Waals surface area contributed by atoms with Crippen LogP contribution >= 0.6 is 27.3 Å². The highest BCUT2D eigenvalue weighted by molar-refractivity contribution is 9.11. The van der Waals surface area contributed by atoms with E-state index < -0.39 is 0 Å². The molecule has 0 spiro atoms. The van der Waals surface area contributed by atoms with E-state index in [-0.39, 0.29) is 6.04 Å². The zero-order valence-electron chi connectivity index (χ0n) is 10.5. The Kier molecular flexibility index (Phi) is 4.55. The van der Waals surface area contributed by atoms with E-state index in [2.05, 4.69) is 39.3 Å². The van der Waals surface area contributed by atoms with Crippen molar-refractivity contribution in [1.29, 1.82) is 0 Å². The quantitative estimate of drug-likeness (QED) is 0.655. The average Bonchev–Trinajstić information content (AvgIpc) is 2.88. The monoisotopic (exact) mass is 328 g/mol. The predicted molar refractivity (Wildman–Crippen MR) is 78.3 cm³/mol. The number of imidazole rings is 1. The third-order valence-corrected chi connectivity index (χ3v) is 5.25. The maximum atomic E-state index is 5.66. The van der Waals surface area contributed by atoms with Gasteiger partial charge in [0.25, 0.3) is 0 Å². The summed E-state index contributed by atoms with van der Waals surface area (Å²) >= 11 is 5.28. The molecule has 2 heterocycles. The van der Waals surface area contributed by atoms with Crippen LogP contribution in [0.25, 0.3) is 0 Å². The highest BCUT2D eigenvalue weighted by Gasteiger charge is 2.14. The van der Waals surface area contributed by atoms with Gasteiger partial charge in [-0.05, 0) is 40.9 Å². The Morgan fingerprint density at radius 2 is 2.39 bits per heavy atom. The van der Waals surface area contributed by atoms with E-state index in [0.717, 1.165) is 18.7 Å². The third-order valence-electron chi connectivity index (χ3n) is 3.00. The molecule has 0 aromatic carbocycles. The molecule has 6 heteroatoms. The third kappa shape index (κ3) is 3.00. The summed E-state index contributed by atoms with van der Waals surface area (Å²) in [6.07, 6.45) is 5.64. The standard InChI is InChI=1S/C12H17BrN4S/c1-8-7-10(18-12(8)13)9(16-14)3-4-11-15-5-6-17(11)2/h5-7,9,16H,3-4,14H2,1-2H3. The summed E-state index contributed by atoms with van der Waals surface area (Å²) in [5.41, 5.74) is 4.15. The number of aromatic nitrogens is 2. The number of halogens is 1. The molecular formula is C12H17BrN4S. The number of aryl methyl sites for hydroxylation is 3. The van der Waals surface area contributed by atoms with E-state index in [1.54, 1.807) is 11.3 Å². The molecular weight excluding hydrogens is 312 g/mol. The lowest BCUT2D eigenvalue weighted by molar-refractivity contribution is 0.513. The molecule has 4 nitrogen and oxygen atoms in total. The molecule has 0 fully saturated rings. The van der Waals surface area contributed by atoms with Gasteiger partial charge in [-0.3, -0.25) is 11.3 Å². The minimum absolute atomic E-state index is 0.177. The van der Waals surface area contributed by atoms with Crippen molar-refractivity contribution < 1.29 is 0 Å². The molecule has 0 bridgehead atoms. The van der Waals surface area contributed by atoms with E-state index in [1.165, 1.54) is 14.2 Å². The Labute approximate surface area is 119 Å². The number of nitrogens with two attached hydrogens (primary N) is 1. The van der Waals surface area contributed by atoms with E-state index in [9.17, 15) is 0 Å². The summed E-state index contributed by atoms with van der Waals surface area (Å²) in [6, 6.07) is 2.36. The van der Waals surface area contributed by atoms with Crippen molar-refractivity contribution in [3.05, 3.63) is 38.5 Å². The van der Waals surface area contributed by atoms with Crippen molar-refractivity contribution in [2.45, 2.75) is 25.8 Å². The van der Waals surface area contributed by atoms with Crippen LogP contribution in [0.2, 0.25) is 0 Å². The van der Waals surface area contributed by atoms with Crippen LogP contribution < -0.4 is 11.3 Å². The molecule has 1 unspecified atom stereocenters. The van der Waals surface area contributed by atoms with Crippen LogP contribution in [-0.4, -0.2) is 9.55 Å². The van der Waals surface area contributed by atoms with Crippen molar-refractivity contribution >= 4 is 27.3 Å². The van der Waals surface area contributed by atoms with Gasteiger partial charge in [-0.15, -0.1) is 11.3 Å². The second-order valence-corrected chi connectivity index (χ2v) is 6.72. The first-order valence-corrected chi connectivity index (χ1v) is 7.41. The van der Waals surface area contributed by atoms with Gasteiger partial charge >= 0.3 is 0 Å². The molecule has 0 radical (unpaired) electrons. The largest absolute Gasteiger partial charge is 0.338 e. The fourth-order valence-corrected chi connectivity index (χ4v) is 3.54. The summed E-state index contributed by atoms with van der Waals surface area (Å²) in [4.78, 5) is 5.59. The van der Waals surface area contributed by atoms with Crippen molar-refractivity contribution in [3.63, 3.8) is 0 Å². The van der Waals surface area contributed by atoms with E-state index in [4.69, 9.17) is 5.84 Å². The average molecular weight is 329 g/mol. The number of hydrazine groups is 1. The van der Waals surface area contributed by atoms with Crippen molar-refractivity contribution in [2.24, 2.45) is 12.9 Å². The normalized spacial score (nSPS) is 12.9. The van der Waals surface area contributed by atoms with E-state index in [1.807, 2.05) is 24.0 Å². The summed E-state index contributed by atoms with van der Waals surface area (Å²) in [6.45, 7) is 2.09. The fraction of sp³-hybridized carbons (Fsp3) is 0.417. The second kappa shape index (κ2) is 5.97. The van der Waals surface area contributed by atoms with Gasteiger partial charge in [-0.1, -0.05) is 0 Å². The molecule has 18 heavy (non-hydrogen) atoms. The van der Waals surface area contributed by atoms with E-state index in [0.29, 0.717) is 0 Å². The van der Waals surface area contributed by atoms with Crippen LogP contribution in [0.5, 0.6) is 0 Å². The van der Waals surface area contributed by atoms with Gasteiger partial charge in [0.1, 0.15) is 5.82 Å². The number of rotatable bonds is 5. The van der Waals surface area contributed by atoms with Crippen LogP contribution in [0.3, 0.4) is 0 Å². The fourth-order valence-electron chi connectivity index (χ4n) is 1.87. The molecule has 3 N–H and O–H groups in total. The van der Waals surface area contributed by atoms with Crippen LogP contribution in [-0.2, 0) is 13.5 Å². The molecule has 0 saturated heterocycles. The zero-order valence-corrected chi connectivity index (χ0v) is 12.9. The molecule has 98 valence electrons. The second-order valence-electron chi connectivity index (χ2n) is 4.32. The maximum Gasteiger partial charge on any atom is 0.108 e. The predicted octanol–water partition coefficient (Wildman–Crippen LogP) is 2.69. The smallest absolute Gasteiger partial charge is 0.108 e. The Morgan fingerprint density at radius 3 is 2.89 bits per heavy atom. The van der Waals surface area contributed by atoms with Gasteiger partial charge in [-0.2, -0.15) is 0 Å². The zero-order chi connectivity index (χ0) is 13.1. The summed E-state index contributed by atoms with van der Waals surface area (Å²) in [7, 11) is 2.01. The SMILES string of the molecule is Cc1cc(C(CCc2nccn2C)NN)sc1Br. The van der Waals surface area contributed by atoms with Crippen molar-refractivity contribution in [1.82, 2.24) is 15.0 Å². The Bertz CT molecular complexity index is 500. The lowest BCUT2D eigenvalue weighted by Crippen LogP contribution is -2.28. The van der Waals surface area contributed by atoms with Crippen LogP contribution in [0, 0.1) is 6.92 Å². The molecule has 0 aliphatic heterocycles. The van der Waals surface area contributed by atoms with Gasteiger partial charge < -0.3 is 4.57 Å². The molecule has 0 saturated carbocycles. The summed E-state index contributed by atoms with van der Waals surface area (Å²) < 4.78 is 3.22. The summed E-state index contributed by atoms with van der Waals surface area (Å²) in [5, 5.41) is 0. The minimum atomic E-state index is 0.177. The molecule has 0 amide bonds. The Balaban J connectivity index is 2.04. The molecule has 1 atom stereocenters. The maximum absolute atomic E-state index is 5.66. The lowest BCUT2D eigenvalue weighted by Gasteiger charge is -2.13. The molecule has 2 aromatic heterocycles. The Hall–Kier alpha value is -0.690. The first kappa shape index (κ1) is 13.7. The molecule has 0 aliphatic carbocycles. The van der Waals surface area contributed by atoms with Gasteiger partial charge in [0.15, 0.2) is 0 Å². The number of thiophene rings is 1. The molecule has 0 aliphatic rings. The molecule has 2 aromatic rings. The van der Waals surface area contributed by atoms with Gasteiger partial charge in [0.2, 0.25) is 0 Å². The number of nitrogens with one attached hydrogen (secondary N) is 1. The highest BCUT2D eigenvalue weighted by atomic mass is 79.9. The van der Waals surface area contributed by atoms with Crippen LogP contribution in [0.4, 0.5) is 0 Å².